The van der Waals surface area contributed by atoms with Gasteiger partial charge in [-0.25, -0.2) is 4.98 Å². The average molecular weight is 424 g/mol. The molecule has 2 heterocycles. The van der Waals surface area contributed by atoms with Crippen molar-refractivity contribution in [3.8, 4) is 0 Å². The maximum atomic E-state index is 12.0. The molecule has 0 unspecified atom stereocenters. The Morgan fingerprint density at radius 3 is 2.50 bits per heavy atom. The third kappa shape index (κ3) is 3.70. The van der Waals surface area contributed by atoms with E-state index in [1.165, 1.54) is 0 Å². The monoisotopic (exact) mass is 423 g/mol. The molecular formula is C23H25N3O3S. The number of benzene rings is 2. The molecule has 6 nitrogen and oxygen atoms in total. The topological polar surface area (TPSA) is 85.1 Å². The van der Waals surface area contributed by atoms with E-state index < -0.39 is 10.1 Å². The van der Waals surface area contributed by atoms with Crippen LogP contribution in [0, 0.1) is 19.3 Å². The van der Waals surface area contributed by atoms with E-state index in [9.17, 15) is 13.0 Å². The zero-order chi connectivity index (χ0) is 21.7. The smallest absolute Gasteiger partial charge is 0.295 e. The SMILES string of the molecule is Cc1cccc(CC(C)(C)Cn2c(C)nc3cnc4ccccc4c32)c1S(=O)(=O)O. The summed E-state index contributed by atoms with van der Waals surface area (Å²) in [5.74, 6) is 0.885. The fourth-order valence-electron chi connectivity index (χ4n) is 4.29. The fourth-order valence-corrected chi connectivity index (χ4v) is 5.24. The van der Waals surface area contributed by atoms with Crippen LogP contribution in [0.2, 0.25) is 0 Å². The van der Waals surface area contributed by atoms with Crippen LogP contribution in [-0.2, 0) is 23.1 Å². The molecule has 0 saturated heterocycles. The standard InChI is InChI=1S/C23H25N3O3S/c1-15-8-7-9-17(22(15)30(27,28)29)12-23(3,4)14-26-16(2)25-20-13-24-19-11-6-5-10-18(19)21(20)26/h5-11,13H,12,14H2,1-4H3,(H,27,28,29). The summed E-state index contributed by atoms with van der Waals surface area (Å²) in [7, 11) is -4.30. The number of hydrogen-bond donors (Lipinski definition) is 1. The lowest BCUT2D eigenvalue weighted by molar-refractivity contribution is 0.303. The summed E-state index contributed by atoms with van der Waals surface area (Å²) >= 11 is 0. The van der Waals surface area contributed by atoms with Crippen molar-refractivity contribution in [2.24, 2.45) is 5.41 Å². The molecule has 0 radical (unpaired) electrons. The number of imidazole rings is 1. The Morgan fingerprint density at radius 2 is 1.77 bits per heavy atom. The molecule has 0 aliphatic rings. The number of nitrogens with zero attached hydrogens (tertiary/aromatic N) is 3. The van der Waals surface area contributed by atoms with Gasteiger partial charge in [0.15, 0.2) is 0 Å². The van der Waals surface area contributed by atoms with Gasteiger partial charge in [0.2, 0.25) is 0 Å². The molecular weight excluding hydrogens is 398 g/mol. The van der Waals surface area contributed by atoms with E-state index in [-0.39, 0.29) is 10.3 Å². The van der Waals surface area contributed by atoms with Gasteiger partial charge in [-0.3, -0.25) is 9.54 Å². The Balaban J connectivity index is 1.79. The van der Waals surface area contributed by atoms with Gasteiger partial charge in [0.05, 0.1) is 22.1 Å². The molecule has 0 spiro atoms. The molecule has 30 heavy (non-hydrogen) atoms. The molecule has 4 aromatic rings. The number of fused-ring (bicyclic) bond motifs is 3. The number of para-hydroxylation sites is 1. The molecule has 0 aliphatic heterocycles. The molecule has 2 aromatic heterocycles. The van der Waals surface area contributed by atoms with Gasteiger partial charge < -0.3 is 4.57 Å². The van der Waals surface area contributed by atoms with Crippen LogP contribution < -0.4 is 0 Å². The average Bonchev–Trinajstić information content (AvgIpc) is 2.95. The molecule has 0 fully saturated rings. The molecule has 0 saturated carbocycles. The third-order valence-electron chi connectivity index (χ3n) is 5.48. The van der Waals surface area contributed by atoms with Crippen LogP contribution in [0.4, 0.5) is 0 Å². The lowest BCUT2D eigenvalue weighted by Crippen LogP contribution is -2.24. The zero-order valence-corrected chi connectivity index (χ0v) is 18.4. The molecule has 0 atom stereocenters. The summed E-state index contributed by atoms with van der Waals surface area (Å²) in [5, 5.41) is 1.04. The van der Waals surface area contributed by atoms with Crippen molar-refractivity contribution in [3.63, 3.8) is 0 Å². The van der Waals surface area contributed by atoms with Crippen molar-refractivity contribution in [1.29, 1.82) is 0 Å². The van der Waals surface area contributed by atoms with E-state index in [4.69, 9.17) is 0 Å². The van der Waals surface area contributed by atoms with E-state index in [2.05, 4.69) is 28.4 Å². The Morgan fingerprint density at radius 1 is 1.03 bits per heavy atom. The van der Waals surface area contributed by atoms with Crippen molar-refractivity contribution in [3.05, 3.63) is 65.6 Å². The van der Waals surface area contributed by atoms with Gasteiger partial charge in [-0.2, -0.15) is 8.42 Å². The first kappa shape index (κ1) is 20.5. The highest BCUT2D eigenvalue weighted by Crippen LogP contribution is 2.32. The summed E-state index contributed by atoms with van der Waals surface area (Å²) in [6, 6.07) is 13.3. The normalized spacial score (nSPS) is 12.7. The summed E-state index contributed by atoms with van der Waals surface area (Å²) < 4.78 is 35.9. The van der Waals surface area contributed by atoms with E-state index in [0.717, 1.165) is 27.8 Å². The van der Waals surface area contributed by atoms with Crippen LogP contribution in [0.25, 0.3) is 21.9 Å². The molecule has 2 aromatic carbocycles. The zero-order valence-electron chi connectivity index (χ0n) is 17.5. The first-order chi connectivity index (χ1) is 14.1. The predicted molar refractivity (Wildman–Crippen MR) is 118 cm³/mol. The highest BCUT2D eigenvalue weighted by molar-refractivity contribution is 7.86. The van der Waals surface area contributed by atoms with Gasteiger partial charge >= 0.3 is 0 Å². The largest absolute Gasteiger partial charge is 0.327 e. The van der Waals surface area contributed by atoms with Gasteiger partial charge in [-0.1, -0.05) is 50.2 Å². The maximum absolute atomic E-state index is 12.0. The molecule has 156 valence electrons. The molecule has 0 aliphatic carbocycles. The van der Waals surface area contributed by atoms with Crippen molar-refractivity contribution in [2.45, 2.75) is 45.6 Å². The van der Waals surface area contributed by atoms with Crippen LogP contribution in [0.3, 0.4) is 0 Å². The second kappa shape index (κ2) is 7.18. The van der Waals surface area contributed by atoms with Crippen molar-refractivity contribution in [2.75, 3.05) is 0 Å². The molecule has 0 amide bonds. The van der Waals surface area contributed by atoms with Gasteiger partial charge in [0, 0.05) is 11.9 Å². The van der Waals surface area contributed by atoms with Crippen molar-refractivity contribution < 1.29 is 13.0 Å². The van der Waals surface area contributed by atoms with Gasteiger partial charge in [0.25, 0.3) is 10.1 Å². The number of pyridine rings is 1. The number of aromatic nitrogens is 3. The van der Waals surface area contributed by atoms with E-state index >= 15 is 0 Å². The summed E-state index contributed by atoms with van der Waals surface area (Å²) in [6.07, 6.45) is 2.29. The van der Waals surface area contributed by atoms with Crippen LogP contribution in [-0.4, -0.2) is 27.5 Å². The second-order valence-electron chi connectivity index (χ2n) is 8.63. The van der Waals surface area contributed by atoms with E-state index in [1.807, 2.05) is 37.3 Å². The quantitative estimate of drug-likeness (QED) is 0.470. The summed E-state index contributed by atoms with van der Waals surface area (Å²) in [4.78, 5) is 9.21. The van der Waals surface area contributed by atoms with Crippen LogP contribution >= 0.6 is 0 Å². The Hall–Kier alpha value is -2.77. The Labute approximate surface area is 176 Å². The summed E-state index contributed by atoms with van der Waals surface area (Å²) in [6.45, 7) is 8.51. The van der Waals surface area contributed by atoms with Gasteiger partial charge in [-0.05, 0) is 42.9 Å². The maximum Gasteiger partial charge on any atom is 0.295 e. The number of hydrogen-bond acceptors (Lipinski definition) is 4. The molecule has 7 heteroatoms. The van der Waals surface area contributed by atoms with Crippen molar-refractivity contribution in [1.82, 2.24) is 14.5 Å². The highest BCUT2D eigenvalue weighted by Gasteiger charge is 2.27. The Bertz CT molecular complexity index is 1370. The lowest BCUT2D eigenvalue weighted by Gasteiger charge is -2.27. The molecule has 4 rings (SSSR count). The predicted octanol–water partition coefficient (Wildman–Crippen LogP) is 4.72. The molecule has 1 N–H and O–H groups in total. The van der Waals surface area contributed by atoms with E-state index in [0.29, 0.717) is 24.1 Å². The summed E-state index contributed by atoms with van der Waals surface area (Å²) in [5.41, 5.74) is 3.66. The second-order valence-corrected chi connectivity index (χ2v) is 9.99. The fraction of sp³-hybridized carbons (Fsp3) is 0.304. The van der Waals surface area contributed by atoms with Gasteiger partial charge in [-0.15, -0.1) is 0 Å². The van der Waals surface area contributed by atoms with Gasteiger partial charge in [0.1, 0.15) is 11.3 Å². The van der Waals surface area contributed by atoms with E-state index in [1.54, 1.807) is 25.3 Å². The minimum atomic E-state index is -4.30. The van der Waals surface area contributed by atoms with Crippen LogP contribution in [0.5, 0.6) is 0 Å². The third-order valence-corrected chi connectivity index (χ3v) is 6.58. The first-order valence-corrected chi connectivity index (χ1v) is 11.3. The molecule has 0 bridgehead atoms. The van der Waals surface area contributed by atoms with Crippen LogP contribution in [0.1, 0.15) is 30.8 Å². The highest BCUT2D eigenvalue weighted by atomic mass is 32.2. The van der Waals surface area contributed by atoms with Crippen LogP contribution in [0.15, 0.2) is 53.6 Å². The Kier molecular flexibility index (Phi) is 4.91. The first-order valence-electron chi connectivity index (χ1n) is 9.83. The number of aryl methyl sites for hydroxylation is 2. The number of rotatable bonds is 5. The minimum Gasteiger partial charge on any atom is -0.327 e. The van der Waals surface area contributed by atoms with Crippen molar-refractivity contribution >= 4 is 32.1 Å². The minimum absolute atomic E-state index is 0.0138. The lowest BCUT2D eigenvalue weighted by atomic mass is 9.85.